The number of imidazole rings is 1. The minimum Gasteiger partial charge on any atom is -0.381 e. The molecular weight excluding hydrogens is 370 g/mol. The molecule has 5 nitrogen and oxygen atoms in total. The summed E-state index contributed by atoms with van der Waals surface area (Å²) in [5, 5.41) is 8.63. The highest BCUT2D eigenvalue weighted by Gasteiger charge is 2.50. The molecular formula is C25H33N5. The van der Waals surface area contributed by atoms with Gasteiger partial charge in [-0.15, -0.1) is 0 Å². The maximum Gasteiger partial charge on any atom is 0.153 e. The Balaban J connectivity index is 1.31. The van der Waals surface area contributed by atoms with E-state index in [2.05, 4.69) is 43.2 Å². The number of nitrogens with one attached hydrogen (secondary N) is 1. The van der Waals surface area contributed by atoms with E-state index in [0.29, 0.717) is 11.8 Å². The number of hydrogen-bond donors (Lipinski definition) is 2. The summed E-state index contributed by atoms with van der Waals surface area (Å²) in [6.45, 7) is 5.64. The number of hydrogen-bond acceptors (Lipinski definition) is 4. The van der Waals surface area contributed by atoms with Crippen molar-refractivity contribution >= 4 is 5.65 Å². The van der Waals surface area contributed by atoms with E-state index in [1.165, 1.54) is 49.8 Å². The van der Waals surface area contributed by atoms with Crippen LogP contribution in [0.1, 0.15) is 82.1 Å². The van der Waals surface area contributed by atoms with Crippen molar-refractivity contribution in [2.45, 2.75) is 70.8 Å². The highest BCUT2D eigenvalue weighted by atomic mass is 15.3. The number of aromatic nitrogens is 3. The molecule has 4 aliphatic rings. The zero-order chi connectivity index (χ0) is 20.5. The third-order valence-electron chi connectivity index (χ3n) is 8.29. The average molecular weight is 404 g/mol. The van der Waals surface area contributed by atoms with E-state index in [1.54, 1.807) is 0 Å². The molecule has 3 N–H and O–H groups in total. The van der Waals surface area contributed by atoms with Crippen molar-refractivity contribution in [2.75, 3.05) is 6.54 Å². The third kappa shape index (κ3) is 2.72. The lowest BCUT2D eigenvalue weighted by Gasteiger charge is -2.48. The van der Waals surface area contributed by atoms with E-state index in [0.717, 1.165) is 41.8 Å². The molecule has 0 bridgehead atoms. The number of rotatable bonds is 7. The molecule has 30 heavy (non-hydrogen) atoms. The summed E-state index contributed by atoms with van der Waals surface area (Å²) in [6.07, 6.45) is 10.9. The second kappa shape index (κ2) is 6.70. The lowest BCUT2D eigenvalue weighted by Crippen LogP contribution is -2.46. The van der Waals surface area contributed by atoms with Gasteiger partial charge in [0, 0.05) is 12.5 Å². The topological polar surface area (TPSA) is 68.2 Å². The molecule has 158 valence electrons. The SMILES string of the molecule is CCC1=C=C2NCCCC12C(C)c1ccc2nc(C(N)C(C3CC3)C3CC3)cn2n1. The maximum absolute atomic E-state index is 6.76. The molecule has 5 heteroatoms. The van der Waals surface area contributed by atoms with Gasteiger partial charge >= 0.3 is 0 Å². The van der Waals surface area contributed by atoms with Crippen LogP contribution in [0.2, 0.25) is 0 Å². The fourth-order valence-corrected chi connectivity index (χ4v) is 6.31. The molecule has 0 aromatic carbocycles. The van der Waals surface area contributed by atoms with Crippen LogP contribution in [0.4, 0.5) is 0 Å². The van der Waals surface area contributed by atoms with Crippen molar-refractivity contribution in [3.63, 3.8) is 0 Å². The summed E-state index contributed by atoms with van der Waals surface area (Å²) in [5.74, 6) is 2.58. The van der Waals surface area contributed by atoms with E-state index in [1.807, 2.05) is 4.52 Å². The minimum atomic E-state index is 0.0458. The zero-order valence-corrected chi connectivity index (χ0v) is 18.2. The van der Waals surface area contributed by atoms with Crippen LogP contribution < -0.4 is 11.1 Å². The summed E-state index contributed by atoms with van der Waals surface area (Å²) in [4.78, 5) is 4.88. The Labute approximate surface area is 178 Å². The molecule has 3 heterocycles. The Morgan fingerprint density at radius 3 is 2.67 bits per heavy atom. The Bertz CT molecular complexity index is 1030. The van der Waals surface area contributed by atoms with Gasteiger partial charge in [-0.05, 0) is 80.4 Å². The molecule has 2 aromatic rings. The number of nitrogens with two attached hydrogens (primary N) is 1. The van der Waals surface area contributed by atoms with Gasteiger partial charge in [-0.3, -0.25) is 0 Å². The van der Waals surface area contributed by atoms with Gasteiger partial charge < -0.3 is 11.1 Å². The Morgan fingerprint density at radius 2 is 2.00 bits per heavy atom. The van der Waals surface area contributed by atoms with Gasteiger partial charge in [0.25, 0.3) is 0 Å². The number of piperidine rings is 1. The van der Waals surface area contributed by atoms with E-state index < -0.39 is 0 Å². The van der Waals surface area contributed by atoms with Gasteiger partial charge in [-0.1, -0.05) is 19.6 Å². The first-order chi connectivity index (χ1) is 14.6. The van der Waals surface area contributed by atoms with Crippen molar-refractivity contribution in [1.82, 2.24) is 19.9 Å². The quantitative estimate of drug-likeness (QED) is 0.669. The second-order valence-electron chi connectivity index (χ2n) is 10.1. The molecule has 0 radical (unpaired) electrons. The van der Waals surface area contributed by atoms with Gasteiger partial charge in [0.2, 0.25) is 0 Å². The molecule has 3 unspecified atom stereocenters. The Morgan fingerprint density at radius 1 is 1.23 bits per heavy atom. The Kier molecular flexibility index (Phi) is 4.16. The second-order valence-corrected chi connectivity index (χ2v) is 10.1. The average Bonchev–Trinajstić information content (AvgIpc) is 3.68. The molecule has 2 aromatic heterocycles. The molecule has 3 atom stereocenters. The van der Waals surface area contributed by atoms with E-state index in [-0.39, 0.29) is 11.5 Å². The molecule has 6 rings (SSSR count). The van der Waals surface area contributed by atoms with Crippen LogP contribution in [-0.4, -0.2) is 21.1 Å². The van der Waals surface area contributed by atoms with Crippen LogP contribution in [-0.2, 0) is 0 Å². The molecule has 1 saturated heterocycles. The lowest BCUT2D eigenvalue weighted by molar-refractivity contribution is 0.244. The van der Waals surface area contributed by atoms with Crippen molar-refractivity contribution in [2.24, 2.45) is 28.9 Å². The summed E-state index contributed by atoms with van der Waals surface area (Å²) < 4.78 is 1.97. The van der Waals surface area contributed by atoms with Gasteiger partial charge in [-0.25, -0.2) is 9.50 Å². The maximum atomic E-state index is 6.76. The molecule has 1 aliphatic heterocycles. The van der Waals surface area contributed by atoms with Crippen molar-refractivity contribution in [3.8, 4) is 0 Å². The van der Waals surface area contributed by atoms with Gasteiger partial charge in [0.05, 0.1) is 34.7 Å². The first-order valence-corrected chi connectivity index (χ1v) is 12.0. The number of fused-ring (bicyclic) bond motifs is 2. The smallest absolute Gasteiger partial charge is 0.153 e. The first kappa shape index (κ1) is 18.7. The molecule has 2 saturated carbocycles. The number of nitrogens with zero attached hydrogens (tertiary/aromatic N) is 3. The Hall–Kier alpha value is -2.10. The lowest BCUT2D eigenvalue weighted by atomic mass is 9.58. The monoisotopic (exact) mass is 403 g/mol. The van der Waals surface area contributed by atoms with Crippen molar-refractivity contribution in [3.05, 3.63) is 46.7 Å². The van der Waals surface area contributed by atoms with Crippen molar-refractivity contribution < 1.29 is 0 Å². The molecule has 3 aliphatic carbocycles. The summed E-state index contributed by atoms with van der Waals surface area (Å²) >= 11 is 0. The predicted octanol–water partition coefficient (Wildman–Crippen LogP) is 4.47. The normalized spacial score (nSPS) is 27.7. The van der Waals surface area contributed by atoms with Crippen LogP contribution >= 0.6 is 0 Å². The third-order valence-corrected chi connectivity index (χ3v) is 8.29. The van der Waals surface area contributed by atoms with Crippen LogP contribution in [0.15, 0.2) is 35.3 Å². The predicted molar refractivity (Wildman–Crippen MR) is 118 cm³/mol. The van der Waals surface area contributed by atoms with Crippen LogP contribution in [0.5, 0.6) is 0 Å². The zero-order valence-electron chi connectivity index (χ0n) is 18.2. The largest absolute Gasteiger partial charge is 0.381 e. The summed E-state index contributed by atoms with van der Waals surface area (Å²) in [7, 11) is 0. The van der Waals surface area contributed by atoms with Crippen LogP contribution in [0.3, 0.4) is 0 Å². The van der Waals surface area contributed by atoms with Crippen LogP contribution in [0, 0.1) is 23.2 Å². The molecule has 3 fully saturated rings. The fourth-order valence-electron chi connectivity index (χ4n) is 6.31. The fraction of sp³-hybridized carbons (Fsp3) is 0.640. The van der Waals surface area contributed by atoms with Gasteiger partial charge in [0.15, 0.2) is 5.65 Å². The van der Waals surface area contributed by atoms with Crippen LogP contribution in [0.25, 0.3) is 5.65 Å². The highest BCUT2D eigenvalue weighted by molar-refractivity contribution is 5.45. The minimum absolute atomic E-state index is 0.0458. The van der Waals surface area contributed by atoms with Crippen molar-refractivity contribution in [1.29, 1.82) is 0 Å². The van der Waals surface area contributed by atoms with E-state index >= 15 is 0 Å². The molecule has 0 spiro atoms. The van der Waals surface area contributed by atoms with E-state index in [4.69, 9.17) is 15.8 Å². The first-order valence-electron chi connectivity index (χ1n) is 12.0. The van der Waals surface area contributed by atoms with Gasteiger partial charge in [-0.2, -0.15) is 5.10 Å². The molecule has 0 amide bonds. The van der Waals surface area contributed by atoms with Gasteiger partial charge in [0.1, 0.15) is 0 Å². The highest BCUT2D eigenvalue weighted by Crippen LogP contribution is 2.56. The standard InChI is InChI=1S/C25H33N5/c1-3-18-13-21-25(18,11-4-12-27-21)15(2)19-9-10-22-28-20(14-30(22)29-19)24(26)23(16-5-6-16)17-7-8-17/h9-10,14-17,23-24,27H,3-8,11-12,26H2,1-2H3. The summed E-state index contributed by atoms with van der Waals surface area (Å²) in [5.41, 5.74) is 16.2. The van der Waals surface area contributed by atoms with E-state index in [9.17, 15) is 0 Å². The summed E-state index contributed by atoms with van der Waals surface area (Å²) in [6, 6.07) is 4.35.